The molecule has 0 atom stereocenters. The average molecular weight is 374 g/mol. The lowest BCUT2D eigenvalue weighted by molar-refractivity contribution is 0.0910. The van der Waals surface area contributed by atoms with Gasteiger partial charge in [-0.05, 0) is 59.9 Å². The van der Waals surface area contributed by atoms with Crippen molar-refractivity contribution in [1.82, 2.24) is 10.2 Å². The number of rotatable bonds is 5. The molecule has 3 nitrogen and oxygen atoms in total. The molecule has 1 aromatic rings. The molecular weight excluding hydrogens is 352 g/mol. The standard InChI is InChI=1S/C16H22BrClN2O/c1-2-3-8-20-9-6-13(7-10-20)19-16(21)12-4-5-15(18)14(17)11-12/h4-5,11,13H,2-3,6-10H2,1H3,(H,19,21). The number of carbonyl (C=O) groups is 1. The van der Waals surface area contributed by atoms with E-state index in [1.54, 1.807) is 18.2 Å². The Balaban J connectivity index is 1.82. The van der Waals surface area contributed by atoms with Crippen LogP contribution in [-0.4, -0.2) is 36.5 Å². The molecule has 1 aliphatic rings. The maximum absolute atomic E-state index is 12.2. The molecule has 0 radical (unpaired) electrons. The molecule has 1 aliphatic heterocycles. The number of nitrogens with zero attached hydrogens (tertiary/aromatic N) is 1. The number of nitrogens with one attached hydrogen (secondary N) is 1. The van der Waals surface area contributed by atoms with Gasteiger partial charge in [-0.2, -0.15) is 0 Å². The van der Waals surface area contributed by atoms with Crippen molar-refractivity contribution in [3.63, 3.8) is 0 Å². The number of likely N-dealkylation sites (tertiary alicyclic amines) is 1. The Labute approximate surface area is 140 Å². The summed E-state index contributed by atoms with van der Waals surface area (Å²) in [5.74, 6) is -0.0145. The minimum Gasteiger partial charge on any atom is -0.349 e. The normalized spacial score (nSPS) is 16.9. The summed E-state index contributed by atoms with van der Waals surface area (Å²) in [6.07, 6.45) is 4.56. The van der Waals surface area contributed by atoms with Gasteiger partial charge in [0.1, 0.15) is 0 Å². The summed E-state index contributed by atoms with van der Waals surface area (Å²) < 4.78 is 0.756. The van der Waals surface area contributed by atoms with Crippen LogP contribution in [0, 0.1) is 0 Å². The summed E-state index contributed by atoms with van der Waals surface area (Å²) in [7, 11) is 0. The van der Waals surface area contributed by atoms with Gasteiger partial charge in [-0.3, -0.25) is 4.79 Å². The molecule has 1 aromatic carbocycles. The fraction of sp³-hybridized carbons (Fsp3) is 0.562. The molecule has 5 heteroatoms. The summed E-state index contributed by atoms with van der Waals surface area (Å²) >= 11 is 9.30. The SMILES string of the molecule is CCCCN1CCC(NC(=O)c2ccc(Cl)c(Br)c2)CC1. The summed E-state index contributed by atoms with van der Waals surface area (Å²) in [6.45, 7) is 5.56. The maximum atomic E-state index is 12.2. The van der Waals surface area contributed by atoms with Crippen LogP contribution in [0.2, 0.25) is 5.02 Å². The highest BCUT2D eigenvalue weighted by molar-refractivity contribution is 9.10. The van der Waals surface area contributed by atoms with E-state index in [2.05, 4.69) is 33.1 Å². The van der Waals surface area contributed by atoms with E-state index in [1.165, 1.54) is 19.4 Å². The van der Waals surface area contributed by atoms with Crippen LogP contribution < -0.4 is 5.32 Å². The van der Waals surface area contributed by atoms with E-state index in [0.717, 1.165) is 30.4 Å². The molecule has 0 bridgehead atoms. The summed E-state index contributed by atoms with van der Waals surface area (Å²) in [5, 5.41) is 3.75. The molecule has 0 spiro atoms. The Hall–Kier alpha value is -0.580. The molecule has 0 unspecified atom stereocenters. The second-order valence-electron chi connectivity index (χ2n) is 5.57. The second-order valence-corrected chi connectivity index (χ2v) is 6.83. The van der Waals surface area contributed by atoms with E-state index in [1.807, 2.05) is 0 Å². The van der Waals surface area contributed by atoms with Crippen molar-refractivity contribution in [2.75, 3.05) is 19.6 Å². The third kappa shape index (κ3) is 4.97. The van der Waals surface area contributed by atoms with E-state index in [9.17, 15) is 4.79 Å². The van der Waals surface area contributed by atoms with E-state index < -0.39 is 0 Å². The van der Waals surface area contributed by atoms with Crippen LogP contribution in [0.25, 0.3) is 0 Å². The third-order valence-electron chi connectivity index (χ3n) is 3.93. The van der Waals surface area contributed by atoms with Crippen LogP contribution in [0.3, 0.4) is 0 Å². The first-order chi connectivity index (χ1) is 10.1. The Morgan fingerprint density at radius 2 is 2.14 bits per heavy atom. The van der Waals surface area contributed by atoms with E-state index >= 15 is 0 Å². The number of halogens is 2. The van der Waals surface area contributed by atoms with Gasteiger partial charge in [-0.15, -0.1) is 0 Å². The van der Waals surface area contributed by atoms with Gasteiger partial charge in [0.05, 0.1) is 5.02 Å². The van der Waals surface area contributed by atoms with Gasteiger partial charge >= 0.3 is 0 Å². The highest BCUT2D eigenvalue weighted by atomic mass is 79.9. The van der Waals surface area contributed by atoms with E-state index in [-0.39, 0.29) is 11.9 Å². The van der Waals surface area contributed by atoms with Crippen LogP contribution in [0.4, 0.5) is 0 Å². The summed E-state index contributed by atoms with van der Waals surface area (Å²) in [6, 6.07) is 5.56. The van der Waals surface area contributed by atoms with Gasteiger partial charge in [0, 0.05) is 29.2 Å². The van der Waals surface area contributed by atoms with Gasteiger partial charge in [-0.25, -0.2) is 0 Å². The fourth-order valence-corrected chi connectivity index (χ4v) is 3.09. The Bertz CT molecular complexity index is 487. The number of amides is 1. The zero-order valence-electron chi connectivity index (χ0n) is 12.4. The smallest absolute Gasteiger partial charge is 0.251 e. The monoisotopic (exact) mass is 372 g/mol. The minimum atomic E-state index is -0.0145. The molecule has 1 amide bonds. The van der Waals surface area contributed by atoms with Crippen molar-refractivity contribution in [1.29, 1.82) is 0 Å². The van der Waals surface area contributed by atoms with Gasteiger partial charge in [0.25, 0.3) is 5.91 Å². The van der Waals surface area contributed by atoms with Crippen molar-refractivity contribution in [2.45, 2.75) is 38.6 Å². The molecule has 1 heterocycles. The van der Waals surface area contributed by atoms with Crippen molar-refractivity contribution in [2.24, 2.45) is 0 Å². The van der Waals surface area contributed by atoms with Crippen molar-refractivity contribution in [3.05, 3.63) is 33.3 Å². The predicted octanol–water partition coefficient (Wildman–Crippen LogP) is 4.10. The molecule has 0 aliphatic carbocycles. The van der Waals surface area contributed by atoms with Crippen LogP contribution in [0.15, 0.2) is 22.7 Å². The first kappa shape index (κ1) is 16.8. The lowest BCUT2D eigenvalue weighted by Gasteiger charge is -2.32. The number of unbranched alkanes of at least 4 members (excludes halogenated alkanes) is 1. The topological polar surface area (TPSA) is 32.3 Å². The Morgan fingerprint density at radius 1 is 1.43 bits per heavy atom. The first-order valence-electron chi connectivity index (χ1n) is 7.58. The highest BCUT2D eigenvalue weighted by Gasteiger charge is 2.20. The number of hydrogen-bond acceptors (Lipinski definition) is 2. The molecule has 116 valence electrons. The fourth-order valence-electron chi connectivity index (χ4n) is 2.59. The number of benzene rings is 1. The van der Waals surface area contributed by atoms with Gasteiger partial charge in [0.15, 0.2) is 0 Å². The quantitative estimate of drug-likeness (QED) is 0.843. The molecule has 0 aromatic heterocycles. The summed E-state index contributed by atoms with van der Waals surface area (Å²) in [4.78, 5) is 14.7. The van der Waals surface area contributed by atoms with Crippen LogP contribution in [-0.2, 0) is 0 Å². The van der Waals surface area contributed by atoms with Crippen LogP contribution >= 0.6 is 27.5 Å². The number of hydrogen-bond donors (Lipinski definition) is 1. The molecule has 1 fully saturated rings. The lowest BCUT2D eigenvalue weighted by atomic mass is 10.0. The molecule has 1 N–H and O–H groups in total. The Morgan fingerprint density at radius 3 is 2.76 bits per heavy atom. The minimum absolute atomic E-state index is 0.0145. The molecule has 1 saturated heterocycles. The lowest BCUT2D eigenvalue weighted by Crippen LogP contribution is -2.44. The van der Waals surface area contributed by atoms with E-state index in [0.29, 0.717) is 10.6 Å². The zero-order chi connectivity index (χ0) is 15.2. The molecule has 2 rings (SSSR count). The molecular formula is C16H22BrClN2O. The van der Waals surface area contributed by atoms with Gasteiger partial charge in [0.2, 0.25) is 0 Å². The highest BCUT2D eigenvalue weighted by Crippen LogP contribution is 2.23. The first-order valence-corrected chi connectivity index (χ1v) is 8.75. The predicted molar refractivity (Wildman–Crippen MR) is 91.0 cm³/mol. The summed E-state index contributed by atoms with van der Waals surface area (Å²) in [5.41, 5.74) is 0.652. The van der Waals surface area contributed by atoms with Crippen molar-refractivity contribution >= 4 is 33.4 Å². The number of carbonyl (C=O) groups excluding carboxylic acids is 1. The Kier molecular flexibility index (Phi) is 6.52. The van der Waals surface area contributed by atoms with Crippen LogP contribution in [0.5, 0.6) is 0 Å². The largest absolute Gasteiger partial charge is 0.349 e. The van der Waals surface area contributed by atoms with E-state index in [4.69, 9.17) is 11.6 Å². The van der Waals surface area contributed by atoms with Crippen molar-refractivity contribution < 1.29 is 4.79 Å². The van der Waals surface area contributed by atoms with Crippen molar-refractivity contribution in [3.8, 4) is 0 Å². The zero-order valence-corrected chi connectivity index (χ0v) is 14.7. The molecule has 21 heavy (non-hydrogen) atoms. The maximum Gasteiger partial charge on any atom is 0.251 e. The number of piperidine rings is 1. The third-order valence-corrected chi connectivity index (χ3v) is 5.15. The van der Waals surface area contributed by atoms with Crippen LogP contribution in [0.1, 0.15) is 43.0 Å². The van der Waals surface area contributed by atoms with Gasteiger partial charge < -0.3 is 10.2 Å². The molecule has 0 saturated carbocycles. The second kappa shape index (κ2) is 8.16. The average Bonchev–Trinajstić information content (AvgIpc) is 2.49. The van der Waals surface area contributed by atoms with Gasteiger partial charge in [-0.1, -0.05) is 24.9 Å².